The molecule has 1 saturated heterocycles. The lowest BCUT2D eigenvalue weighted by Gasteiger charge is -2.30. The predicted octanol–water partition coefficient (Wildman–Crippen LogP) is 3.12. The highest BCUT2D eigenvalue weighted by Crippen LogP contribution is 2.39. The number of hydrogen-bond donors (Lipinski definition) is 2. The van der Waals surface area contributed by atoms with E-state index in [1.807, 2.05) is 24.3 Å². The van der Waals surface area contributed by atoms with E-state index in [0.29, 0.717) is 42.1 Å². The summed E-state index contributed by atoms with van der Waals surface area (Å²) in [5, 5.41) is 18.4. The van der Waals surface area contributed by atoms with E-state index in [2.05, 4.69) is 15.2 Å². The van der Waals surface area contributed by atoms with Gasteiger partial charge in [-0.05, 0) is 42.2 Å². The number of aliphatic hydroxyl groups excluding tert-OH is 1. The van der Waals surface area contributed by atoms with Gasteiger partial charge in [-0.15, -0.1) is 10.2 Å². The fourth-order valence-corrected chi connectivity index (χ4v) is 4.47. The molecule has 4 heterocycles. The van der Waals surface area contributed by atoms with Crippen LogP contribution < -0.4 is 5.73 Å². The molecule has 2 atom stereocenters. The Morgan fingerprint density at radius 1 is 1.12 bits per heavy atom. The van der Waals surface area contributed by atoms with Gasteiger partial charge in [0.2, 0.25) is 0 Å². The standard InChI is InChI=1S/C23H23F3N6O/c24-23(25,26)21(31-9-7-17(27)13-31)16-4-6-20-29-30-22(32(20)12-16)18-5-3-15-2-1-14(8-10-33)11-19(15)28-18/h1-6,11-12,17,21,33H,7-10,13,27H2/t17?,21-/m1/s1. The fourth-order valence-electron chi connectivity index (χ4n) is 4.47. The van der Waals surface area contributed by atoms with Crippen molar-refractivity contribution in [2.24, 2.45) is 5.73 Å². The Kier molecular flexibility index (Phi) is 5.51. The number of hydrogen-bond acceptors (Lipinski definition) is 6. The molecule has 0 amide bonds. The Balaban J connectivity index is 1.58. The van der Waals surface area contributed by atoms with Crippen molar-refractivity contribution in [2.45, 2.75) is 31.1 Å². The van der Waals surface area contributed by atoms with Crippen LogP contribution in [0.1, 0.15) is 23.6 Å². The minimum absolute atomic E-state index is 0.0328. The van der Waals surface area contributed by atoms with Crippen LogP contribution in [0, 0.1) is 0 Å². The molecular weight excluding hydrogens is 433 g/mol. The first kappa shape index (κ1) is 21.7. The third-order valence-corrected chi connectivity index (χ3v) is 6.06. The van der Waals surface area contributed by atoms with Gasteiger partial charge >= 0.3 is 6.18 Å². The summed E-state index contributed by atoms with van der Waals surface area (Å²) in [5.74, 6) is 0.361. The number of nitrogens with two attached hydrogens (primary N) is 1. The van der Waals surface area contributed by atoms with Gasteiger partial charge in [-0.1, -0.05) is 24.3 Å². The number of halogens is 3. The van der Waals surface area contributed by atoms with Crippen molar-refractivity contribution in [3.05, 3.63) is 59.8 Å². The highest BCUT2D eigenvalue weighted by molar-refractivity contribution is 5.81. The van der Waals surface area contributed by atoms with Gasteiger partial charge in [0.1, 0.15) is 11.7 Å². The third-order valence-electron chi connectivity index (χ3n) is 6.06. The van der Waals surface area contributed by atoms with Gasteiger partial charge in [0.15, 0.2) is 11.5 Å². The first-order valence-electron chi connectivity index (χ1n) is 10.8. The molecule has 0 spiro atoms. The Morgan fingerprint density at radius 3 is 2.67 bits per heavy atom. The molecule has 10 heteroatoms. The number of likely N-dealkylation sites (tertiary alicyclic amines) is 1. The van der Waals surface area contributed by atoms with Gasteiger partial charge in [0, 0.05) is 37.3 Å². The second kappa shape index (κ2) is 8.36. The molecule has 1 aromatic carbocycles. The van der Waals surface area contributed by atoms with Crippen LogP contribution in [-0.2, 0) is 6.42 Å². The van der Waals surface area contributed by atoms with Crippen molar-refractivity contribution in [3.8, 4) is 11.5 Å². The van der Waals surface area contributed by atoms with E-state index in [1.165, 1.54) is 17.2 Å². The highest BCUT2D eigenvalue weighted by atomic mass is 19.4. The quantitative estimate of drug-likeness (QED) is 0.480. The lowest BCUT2D eigenvalue weighted by molar-refractivity contribution is -0.183. The van der Waals surface area contributed by atoms with Gasteiger partial charge < -0.3 is 10.8 Å². The van der Waals surface area contributed by atoms with E-state index in [1.54, 1.807) is 16.5 Å². The van der Waals surface area contributed by atoms with Crippen LogP contribution in [-0.4, -0.2) is 61.5 Å². The first-order valence-corrected chi connectivity index (χ1v) is 10.8. The first-order chi connectivity index (χ1) is 15.8. The number of benzene rings is 1. The average molecular weight is 456 g/mol. The SMILES string of the molecule is NC1CCN([C@H](c2ccc3nnc(-c4ccc5ccc(CCO)cc5n4)n3c2)C(F)(F)F)C1. The molecule has 1 aliphatic heterocycles. The summed E-state index contributed by atoms with van der Waals surface area (Å²) < 4.78 is 43.7. The van der Waals surface area contributed by atoms with Crippen LogP contribution >= 0.6 is 0 Å². The van der Waals surface area contributed by atoms with E-state index >= 15 is 0 Å². The minimum Gasteiger partial charge on any atom is -0.396 e. The molecule has 5 rings (SSSR count). The third kappa shape index (κ3) is 4.17. The Bertz CT molecular complexity index is 1300. The summed E-state index contributed by atoms with van der Waals surface area (Å²) in [6.07, 6.45) is -1.96. The van der Waals surface area contributed by atoms with Crippen LogP contribution in [0.4, 0.5) is 13.2 Å². The normalized spacial score (nSPS) is 18.4. The molecule has 0 radical (unpaired) electrons. The van der Waals surface area contributed by atoms with Crippen LogP contribution in [0.3, 0.4) is 0 Å². The zero-order valence-corrected chi connectivity index (χ0v) is 17.7. The summed E-state index contributed by atoms with van der Waals surface area (Å²) in [4.78, 5) is 6.05. The summed E-state index contributed by atoms with van der Waals surface area (Å²) in [6.45, 7) is 0.519. The van der Waals surface area contributed by atoms with Crippen LogP contribution in [0.25, 0.3) is 28.1 Å². The van der Waals surface area contributed by atoms with Gasteiger partial charge in [0.25, 0.3) is 0 Å². The Hall–Kier alpha value is -3.08. The predicted molar refractivity (Wildman–Crippen MR) is 117 cm³/mol. The summed E-state index contributed by atoms with van der Waals surface area (Å²) in [7, 11) is 0. The van der Waals surface area contributed by atoms with E-state index in [4.69, 9.17) is 5.73 Å². The number of nitrogens with zero attached hydrogens (tertiary/aromatic N) is 5. The van der Waals surface area contributed by atoms with Gasteiger partial charge in [0.05, 0.1) is 5.52 Å². The van der Waals surface area contributed by atoms with Gasteiger partial charge in [-0.2, -0.15) is 13.2 Å². The molecule has 7 nitrogen and oxygen atoms in total. The topological polar surface area (TPSA) is 92.6 Å². The van der Waals surface area contributed by atoms with Crippen LogP contribution in [0.15, 0.2) is 48.7 Å². The second-order valence-electron chi connectivity index (χ2n) is 8.40. The van der Waals surface area contributed by atoms with Crippen LogP contribution in [0.2, 0.25) is 0 Å². The molecule has 3 aromatic heterocycles. The number of alkyl halides is 3. The maximum Gasteiger partial charge on any atom is 0.408 e. The summed E-state index contributed by atoms with van der Waals surface area (Å²) in [5.41, 5.74) is 8.58. The van der Waals surface area contributed by atoms with Gasteiger partial charge in [-0.3, -0.25) is 9.30 Å². The van der Waals surface area contributed by atoms with Crippen molar-refractivity contribution in [1.82, 2.24) is 24.5 Å². The van der Waals surface area contributed by atoms with Crippen molar-refractivity contribution < 1.29 is 18.3 Å². The maximum atomic E-state index is 14.1. The number of rotatable bonds is 5. The zero-order valence-electron chi connectivity index (χ0n) is 17.7. The average Bonchev–Trinajstić information content (AvgIpc) is 3.38. The van der Waals surface area contributed by atoms with Crippen molar-refractivity contribution >= 4 is 16.6 Å². The second-order valence-corrected chi connectivity index (χ2v) is 8.40. The van der Waals surface area contributed by atoms with Gasteiger partial charge in [-0.25, -0.2) is 4.98 Å². The molecule has 0 bridgehead atoms. The Labute approximate surface area is 187 Å². The number of fused-ring (bicyclic) bond motifs is 2. The zero-order chi connectivity index (χ0) is 23.2. The fraction of sp³-hybridized carbons (Fsp3) is 0.348. The molecule has 1 fully saturated rings. The summed E-state index contributed by atoms with van der Waals surface area (Å²) >= 11 is 0. The number of aromatic nitrogens is 4. The molecule has 1 unspecified atom stereocenters. The lowest BCUT2D eigenvalue weighted by atomic mass is 10.1. The smallest absolute Gasteiger partial charge is 0.396 e. The summed E-state index contributed by atoms with van der Waals surface area (Å²) in [6, 6.07) is 10.4. The van der Waals surface area contributed by atoms with Crippen molar-refractivity contribution in [1.29, 1.82) is 0 Å². The molecule has 0 saturated carbocycles. The Morgan fingerprint density at radius 2 is 1.94 bits per heavy atom. The maximum absolute atomic E-state index is 14.1. The molecule has 0 aliphatic carbocycles. The lowest BCUT2D eigenvalue weighted by Crippen LogP contribution is -2.38. The molecule has 3 N–H and O–H groups in total. The van der Waals surface area contributed by atoms with E-state index in [0.717, 1.165) is 10.9 Å². The van der Waals surface area contributed by atoms with E-state index in [-0.39, 0.29) is 24.8 Å². The highest BCUT2D eigenvalue weighted by Gasteiger charge is 2.46. The minimum atomic E-state index is -4.45. The van der Waals surface area contributed by atoms with E-state index in [9.17, 15) is 18.3 Å². The number of aliphatic hydroxyl groups is 1. The van der Waals surface area contributed by atoms with Crippen LogP contribution in [0.5, 0.6) is 0 Å². The molecular formula is C23H23F3N6O. The van der Waals surface area contributed by atoms with Crippen molar-refractivity contribution in [3.63, 3.8) is 0 Å². The molecule has 172 valence electrons. The monoisotopic (exact) mass is 456 g/mol. The van der Waals surface area contributed by atoms with E-state index < -0.39 is 12.2 Å². The number of pyridine rings is 2. The molecule has 33 heavy (non-hydrogen) atoms. The largest absolute Gasteiger partial charge is 0.408 e. The molecule has 1 aliphatic rings. The molecule has 4 aromatic rings. The van der Waals surface area contributed by atoms with Crippen molar-refractivity contribution in [2.75, 3.05) is 19.7 Å².